The van der Waals surface area contributed by atoms with Crippen LogP contribution >= 0.6 is 0 Å². The Bertz CT molecular complexity index is 554. The van der Waals surface area contributed by atoms with Gasteiger partial charge < -0.3 is 10.1 Å². The molecule has 0 saturated heterocycles. The molecule has 1 aliphatic carbocycles. The first kappa shape index (κ1) is 15.3. The predicted octanol–water partition coefficient (Wildman–Crippen LogP) is 2.10. The molecule has 0 radical (unpaired) electrons. The van der Waals surface area contributed by atoms with E-state index in [-0.39, 0.29) is 17.5 Å². The van der Waals surface area contributed by atoms with Crippen molar-refractivity contribution in [3.63, 3.8) is 0 Å². The van der Waals surface area contributed by atoms with Gasteiger partial charge >= 0.3 is 0 Å². The van der Waals surface area contributed by atoms with Crippen LogP contribution in [0.25, 0.3) is 0 Å². The zero-order chi connectivity index (χ0) is 14.6. The van der Waals surface area contributed by atoms with Crippen LogP contribution in [0.3, 0.4) is 0 Å². The molecule has 1 atom stereocenters. The van der Waals surface area contributed by atoms with Crippen LogP contribution in [0.2, 0.25) is 0 Å². The van der Waals surface area contributed by atoms with E-state index >= 15 is 0 Å². The summed E-state index contributed by atoms with van der Waals surface area (Å²) in [5.41, 5.74) is 2.59. The first-order valence-electron chi connectivity index (χ1n) is 7.16. The van der Waals surface area contributed by atoms with Crippen molar-refractivity contribution in [2.45, 2.75) is 32.2 Å². The number of methoxy groups -OCH3 is 1. The van der Waals surface area contributed by atoms with Crippen molar-refractivity contribution in [2.24, 2.45) is 0 Å². The number of rotatable bonds is 6. The van der Waals surface area contributed by atoms with Crippen LogP contribution in [0.15, 0.2) is 18.2 Å². The van der Waals surface area contributed by atoms with Gasteiger partial charge in [0.15, 0.2) is 9.84 Å². The molecule has 1 aliphatic rings. The summed E-state index contributed by atoms with van der Waals surface area (Å²) in [7, 11) is -1.23. The molecule has 112 valence electrons. The van der Waals surface area contributed by atoms with Gasteiger partial charge in [-0.15, -0.1) is 0 Å². The van der Waals surface area contributed by atoms with Gasteiger partial charge in [-0.3, -0.25) is 0 Å². The highest BCUT2D eigenvalue weighted by Crippen LogP contribution is 2.32. The molecule has 0 bridgehead atoms. The predicted molar refractivity (Wildman–Crippen MR) is 81.0 cm³/mol. The van der Waals surface area contributed by atoms with Gasteiger partial charge in [0.1, 0.15) is 5.75 Å². The lowest BCUT2D eigenvalue weighted by atomic mass is 9.87. The molecular formula is C15H23NO3S. The summed E-state index contributed by atoms with van der Waals surface area (Å²) < 4.78 is 28.3. The maximum absolute atomic E-state index is 11.5. The quantitative estimate of drug-likeness (QED) is 0.873. The van der Waals surface area contributed by atoms with E-state index in [2.05, 4.69) is 17.4 Å². The Morgan fingerprint density at radius 3 is 2.90 bits per heavy atom. The highest BCUT2D eigenvalue weighted by atomic mass is 32.2. The molecule has 1 aromatic carbocycles. The van der Waals surface area contributed by atoms with Crippen LogP contribution in [0, 0.1) is 0 Å². The van der Waals surface area contributed by atoms with E-state index in [9.17, 15) is 8.42 Å². The monoisotopic (exact) mass is 297 g/mol. The molecule has 1 unspecified atom stereocenters. The number of fused-ring (bicyclic) bond motifs is 1. The second-order valence-corrected chi connectivity index (χ2v) is 7.67. The van der Waals surface area contributed by atoms with E-state index in [4.69, 9.17) is 4.74 Å². The summed E-state index contributed by atoms with van der Waals surface area (Å²) in [6.45, 7) is 2.20. The first-order chi connectivity index (χ1) is 9.55. The van der Waals surface area contributed by atoms with Gasteiger partial charge in [-0.1, -0.05) is 13.0 Å². The van der Waals surface area contributed by atoms with Gasteiger partial charge in [-0.2, -0.15) is 0 Å². The fourth-order valence-corrected chi connectivity index (χ4v) is 3.37. The second kappa shape index (κ2) is 6.59. The van der Waals surface area contributed by atoms with Crippen LogP contribution in [0.5, 0.6) is 5.75 Å². The number of benzene rings is 1. The molecule has 0 heterocycles. The third-order valence-corrected chi connectivity index (χ3v) is 5.62. The molecule has 1 aromatic rings. The molecule has 5 heteroatoms. The molecule has 4 nitrogen and oxygen atoms in total. The lowest BCUT2D eigenvalue weighted by Crippen LogP contribution is -2.30. The normalized spacial score (nSPS) is 18.6. The van der Waals surface area contributed by atoms with Crippen LogP contribution in [0.4, 0.5) is 0 Å². The number of aryl methyl sites for hydroxylation is 1. The Balaban J connectivity index is 2.04. The van der Waals surface area contributed by atoms with Gasteiger partial charge in [-0.05, 0) is 42.5 Å². The number of hydrogen-bond donors (Lipinski definition) is 1. The summed E-state index contributed by atoms with van der Waals surface area (Å²) in [6, 6.07) is 6.41. The van der Waals surface area contributed by atoms with E-state index in [0.29, 0.717) is 6.54 Å². The molecule has 1 N–H and O–H groups in total. The fourth-order valence-electron chi connectivity index (χ4n) is 2.65. The first-order valence-corrected chi connectivity index (χ1v) is 8.98. The molecule has 0 spiro atoms. The Morgan fingerprint density at radius 1 is 1.40 bits per heavy atom. The van der Waals surface area contributed by atoms with Gasteiger partial charge in [0.05, 0.1) is 12.9 Å². The molecule has 0 aliphatic heterocycles. The van der Waals surface area contributed by atoms with Crippen LogP contribution in [-0.4, -0.2) is 33.6 Å². The van der Waals surface area contributed by atoms with Gasteiger partial charge in [0, 0.05) is 18.3 Å². The second-order valence-electron chi connectivity index (χ2n) is 5.20. The van der Waals surface area contributed by atoms with Crippen molar-refractivity contribution in [1.82, 2.24) is 5.32 Å². The largest absolute Gasteiger partial charge is 0.497 e. The summed E-state index contributed by atoms with van der Waals surface area (Å²) in [4.78, 5) is 0. The van der Waals surface area contributed by atoms with Crippen LogP contribution in [-0.2, 0) is 16.3 Å². The van der Waals surface area contributed by atoms with Gasteiger partial charge in [0.2, 0.25) is 0 Å². The molecule has 0 fully saturated rings. The van der Waals surface area contributed by atoms with Crippen LogP contribution in [0.1, 0.15) is 36.9 Å². The summed E-state index contributed by atoms with van der Waals surface area (Å²) >= 11 is 0. The molecule has 0 aromatic heterocycles. The van der Waals surface area contributed by atoms with Gasteiger partial charge in [-0.25, -0.2) is 8.42 Å². The van der Waals surface area contributed by atoms with E-state index in [1.165, 1.54) is 11.1 Å². The Morgan fingerprint density at radius 2 is 2.20 bits per heavy atom. The van der Waals surface area contributed by atoms with E-state index < -0.39 is 9.84 Å². The minimum atomic E-state index is -2.90. The van der Waals surface area contributed by atoms with Crippen molar-refractivity contribution >= 4 is 9.84 Å². The molecular weight excluding hydrogens is 274 g/mol. The highest BCUT2D eigenvalue weighted by Gasteiger charge is 2.20. The van der Waals surface area contributed by atoms with Gasteiger partial charge in [0.25, 0.3) is 0 Å². The Hall–Kier alpha value is -1.07. The maximum atomic E-state index is 11.5. The zero-order valence-corrected chi connectivity index (χ0v) is 13.0. The van der Waals surface area contributed by atoms with Crippen molar-refractivity contribution in [1.29, 1.82) is 0 Å². The summed E-state index contributed by atoms with van der Waals surface area (Å²) in [6.07, 6.45) is 3.27. The number of nitrogens with one attached hydrogen (secondary N) is 1. The highest BCUT2D eigenvalue weighted by molar-refractivity contribution is 7.91. The molecule has 2 rings (SSSR count). The van der Waals surface area contributed by atoms with Crippen molar-refractivity contribution in [3.05, 3.63) is 29.3 Å². The average molecular weight is 297 g/mol. The lowest BCUT2D eigenvalue weighted by Gasteiger charge is -2.27. The minimum absolute atomic E-state index is 0.208. The SMILES string of the molecule is CCS(=O)(=O)CCNC1CCCc2ccc(OC)cc21. The Labute approximate surface area is 121 Å². The fraction of sp³-hybridized carbons (Fsp3) is 0.600. The van der Waals surface area contributed by atoms with E-state index in [1.54, 1.807) is 14.0 Å². The average Bonchev–Trinajstić information content (AvgIpc) is 2.47. The summed E-state index contributed by atoms with van der Waals surface area (Å²) in [5, 5.41) is 3.38. The molecule has 20 heavy (non-hydrogen) atoms. The third kappa shape index (κ3) is 3.73. The van der Waals surface area contributed by atoms with Crippen LogP contribution < -0.4 is 10.1 Å². The Kier molecular flexibility index (Phi) is 5.05. The topological polar surface area (TPSA) is 55.4 Å². The van der Waals surface area contributed by atoms with Crippen molar-refractivity contribution < 1.29 is 13.2 Å². The number of hydrogen-bond acceptors (Lipinski definition) is 4. The summed E-state index contributed by atoms with van der Waals surface area (Å²) in [5.74, 6) is 1.28. The van der Waals surface area contributed by atoms with E-state index in [0.717, 1.165) is 25.0 Å². The third-order valence-electron chi connectivity index (χ3n) is 3.91. The molecule has 0 amide bonds. The number of ether oxygens (including phenoxy) is 1. The standard InChI is InChI=1S/C15H23NO3S/c1-3-20(17,18)10-9-16-15-6-4-5-12-7-8-13(19-2)11-14(12)15/h7-8,11,15-16H,3-6,9-10H2,1-2H3. The lowest BCUT2D eigenvalue weighted by molar-refractivity contribution is 0.409. The zero-order valence-electron chi connectivity index (χ0n) is 12.2. The number of sulfone groups is 1. The van der Waals surface area contributed by atoms with Crippen molar-refractivity contribution in [2.75, 3.05) is 25.2 Å². The van der Waals surface area contributed by atoms with Crippen molar-refractivity contribution in [3.8, 4) is 5.75 Å². The maximum Gasteiger partial charge on any atom is 0.151 e. The smallest absolute Gasteiger partial charge is 0.151 e. The molecule has 0 saturated carbocycles. The minimum Gasteiger partial charge on any atom is -0.497 e. The van der Waals surface area contributed by atoms with E-state index in [1.807, 2.05) is 6.07 Å².